The standard InChI is InChI=1S/C16H17FN2O2/c1-11-10-14(17)7-6-13(11)8-9-18-15-4-3-5-16(12(15)2)19(20)21/h3-7,10,18H,8-9H2,1-2H3. The second kappa shape index (κ2) is 6.35. The smallest absolute Gasteiger partial charge is 0.274 e. The van der Waals surface area contributed by atoms with Gasteiger partial charge in [-0.05, 0) is 49.6 Å². The third-order valence-corrected chi connectivity index (χ3v) is 3.52. The average Bonchev–Trinajstić information content (AvgIpc) is 2.42. The number of halogens is 1. The second-order valence-corrected chi connectivity index (χ2v) is 4.95. The van der Waals surface area contributed by atoms with E-state index in [1.807, 2.05) is 13.0 Å². The predicted octanol–water partition coefficient (Wildman–Crippen LogP) is 4.01. The normalized spacial score (nSPS) is 10.4. The number of nitro groups is 1. The van der Waals surface area contributed by atoms with Crippen molar-refractivity contribution in [2.45, 2.75) is 20.3 Å². The highest BCUT2D eigenvalue weighted by Gasteiger charge is 2.12. The summed E-state index contributed by atoms with van der Waals surface area (Å²) in [7, 11) is 0. The van der Waals surface area contributed by atoms with Gasteiger partial charge in [0.25, 0.3) is 5.69 Å². The lowest BCUT2D eigenvalue weighted by molar-refractivity contribution is -0.385. The first-order chi connectivity index (χ1) is 9.99. The number of aryl methyl sites for hydroxylation is 1. The maximum atomic E-state index is 13.0. The molecule has 0 heterocycles. The molecule has 0 unspecified atom stereocenters. The van der Waals surface area contributed by atoms with Crippen LogP contribution in [0.25, 0.3) is 0 Å². The van der Waals surface area contributed by atoms with Crippen LogP contribution in [0, 0.1) is 29.8 Å². The fraction of sp³-hybridized carbons (Fsp3) is 0.250. The maximum Gasteiger partial charge on any atom is 0.274 e. The van der Waals surface area contributed by atoms with E-state index >= 15 is 0 Å². The summed E-state index contributed by atoms with van der Waals surface area (Å²) in [5.41, 5.74) is 3.46. The highest BCUT2D eigenvalue weighted by atomic mass is 19.1. The fourth-order valence-electron chi connectivity index (χ4n) is 2.28. The highest BCUT2D eigenvalue weighted by Crippen LogP contribution is 2.25. The van der Waals surface area contributed by atoms with Crippen molar-refractivity contribution in [2.24, 2.45) is 0 Å². The summed E-state index contributed by atoms with van der Waals surface area (Å²) in [6.45, 7) is 4.23. The Hall–Kier alpha value is -2.43. The molecule has 0 saturated heterocycles. The summed E-state index contributed by atoms with van der Waals surface area (Å²) < 4.78 is 13.0. The number of nitro benzene ring substituents is 1. The molecule has 1 N–H and O–H groups in total. The third kappa shape index (κ3) is 3.56. The van der Waals surface area contributed by atoms with Crippen LogP contribution in [-0.2, 0) is 6.42 Å². The van der Waals surface area contributed by atoms with Gasteiger partial charge >= 0.3 is 0 Å². The summed E-state index contributed by atoms with van der Waals surface area (Å²) in [6, 6.07) is 9.70. The molecule has 0 bridgehead atoms. The molecule has 0 amide bonds. The molecular formula is C16H17FN2O2. The monoisotopic (exact) mass is 288 g/mol. The molecule has 4 nitrogen and oxygen atoms in total. The minimum Gasteiger partial charge on any atom is -0.384 e. The van der Waals surface area contributed by atoms with Crippen LogP contribution in [0.1, 0.15) is 16.7 Å². The van der Waals surface area contributed by atoms with Gasteiger partial charge in [0.2, 0.25) is 0 Å². The first kappa shape index (κ1) is 15.0. The molecule has 0 spiro atoms. The highest BCUT2D eigenvalue weighted by molar-refractivity contribution is 5.59. The van der Waals surface area contributed by atoms with Crippen LogP contribution in [-0.4, -0.2) is 11.5 Å². The lowest BCUT2D eigenvalue weighted by Crippen LogP contribution is -2.08. The summed E-state index contributed by atoms with van der Waals surface area (Å²) in [5.74, 6) is -0.237. The van der Waals surface area contributed by atoms with E-state index in [2.05, 4.69) is 5.32 Å². The third-order valence-electron chi connectivity index (χ3n) is 3.52. The number of hydrogen-bond acceptors (Lipinski definition) is 3. The second-order valence-electron chi connectivity index (χ2n) is 4.95. The number of benzene rings is 2. The predicted molar refractivity (Wildman–Crippen MR) is 81.2 cm³/mol. The summed E-state index contributed by atoms with van der Waals surface area (Å²) in [6.07, 6.45) is 0.730. The minimum atomic E-state index is -0.384. The van der Waals surface area contributed by atoms with Crippen molar-refractivity contribution in [1.29, 1.82) is 0 Å². The van der Waals surface area contributed by atoms with Crippen LogP contribution in [0.3, 0.4) is 0 Å². The molecule has 0 radical (unpaired) electrons. The molecule has 21 heavy (non-hydrogen) atoms. The fourth-order valence-corrected chi connectivity index (χ4v) is 2.28. The minimum absolute atomic E-state index is 0.109. The molecule has 0 fully saturated rings. The summed E-state index contributed by atoms with van der Waals surface area (Å²) >= 11 is 0. The molecule has 2 aromatic rings. The van der Waals surface area contributed by atoms with Crippen LogP contribution in [0.2, 0.25) is 0 Å². The van der Waals surface area contributed by atoms with Crippen LogP contribution in [0.15, 0.2) is 36.4 Å². The zero-order valence-corrected chi connectivity index (χ0v) is 12.0. The van der Waals surface area contributed by atoms with E-state index in [1.54, 1.807) is 19.1 Å². The van der Waals surface area contributed by atoms with Gasteiger partial charge < -0.3 is 5.32 Å². The Labute approximate surface area is 122 Å². The summed E-state index contributed by atoms with van der Waals surface area (Å²) in [4.78, 5) is 10.5. The Bertz CT molecular complexity index is 671. The Morgan fingerprint density at radius 2 is 2.00 bits per heavy atom. The van der Waals surface area contributed by atoms with E-state index in [1.165, 1.54) is 18.2 Å². The molecule has 0 aromatic heterocycles. The van der Waals surface area contributed by atoms with Gasteiger partial charge in [0.1, 0.15) is 5.82 Å². The molecule has 0 saturated carbocycles. The topological polar surface area (TPSA) is 55.2 Å². The first-order valence-corrected chi connectivity index (χ1v) is 6.72. The quantitative estimate of drug-likeness (QED) is 0.668. The van der Waals surface area contributed by atoms with E-state index in [4.69, 9.17) is 0 Å². The van der Waals surface area contributed by atoms with Crippen molar-refractivity contribution in [3.63, 3.8) is 0 Å². The first-order valence-electron chi connectivity index (χ1n) is 6.72. The maximum absolute atomic E-state index is 13.0. The zero-order valence-electron chi connectivity index (χ0n) is 12.0. The molecule has 2 aromatic carbocycles. The van der Waals surface area contributed by atoms with E-state index < -0.39 is 0 Å². The zero-order chi connectivity index (χ0) is 15.4. The lowest BCUT2D eigenvalue weighted by Gasteiger charge is -2.11. The van der Waals surface area contributed by atoms with Crippen molar-refractivity contribution < 1.29 is 9.31 Å². The number of nitrogens with one attached hydrogen (secondary N) is 1. The van der Waals surface area contributed by atoms with Gasteiger partial charge in [0.15, 0.2) is 0 Å². The van der Waals surface area contributed by atoms with E-state index in [9.17, 15) is 14.5 Å². The molecule has 0 atom stereocenters. The van der Waals surface area contributed by atoms with Crippen LogP contribution in [0.4, 0.5) is 15.8 Å². The molecule has 5 heteroatoms. The molecule has 110 valence electrons. The van der Waals surface area contributed by atoms with Crippen molar-refractivity contribution in [3.05, 3.63) is 69.0 Å². The molecule has 2 rings (SSSR count). The van der Waals surface area contributed by atoms with Gasteiger partial charge in [0, 0.05) is 23.9 Å². The van der Waals surface area contributed by atoms with Gasteiger partial charge in [-0.2, -0.15) is 0 Å². The van der Waals surface area contributed by atoms with E-state index in [0.717, 1.165) is 23.2 Å². The van der Waals surface area contributed by atoms with Crippen molar-refractivity contribution >= 4 is 11.4 Å². The molecule has 0 aliphatic heterocycles. The Morgan fingerprint density at radius 1 is 1.24 bits per heavy atom. The number of hydrogen-bond donors (Lipinski definition) is 1. The molecule has 0 aliphatic rings. The molecule has 0 aliphatic carbocycles. The SMILES string of the molecule is Cc1cc(F)ccc1CCNc1cccc([N+](=O)[O-])c1C. The number of nitrogens with zero attached hydrogens (tertiary/aromatic N) is 1. The largest absolute Gasteiger partial charge is 0.384 e. The van der Waals surface area contributed by atoms with Crippen molar-refractivity contribution in [3.8, 4) is 0 Å². The van der Waals surface area contributed by atoms with E-state index in [-0.39, 0.29) is 16.4 Å². The van der Waals surface area contributed by atoms with Gasteiger partial charge in [-0.15, -0.1) is 0 Å². The Morgan fingerprint density at radius 3 is 2.67 bits per heavy atom. The van der Waals surface area contributed by atoms with Crippen molar-refractivity contribution in [1.82, 2.24) is 0 Å². The van der Waals surface area contributed by atoms with Crippen molar-refractivity contribution in [2.75, 3.05) is 11.9 Å². The van der Waals surface area contributed by atoms with Gasteiger partial charge in [-0.1, -0.05) is 12.1 Å². The van der Waals surface area contributed by atoms with Gasteiger partial charge in [-0.25, -0.2) is 4.39 Å². The number of anilines is 1. The van der Waals surface area contributed by atoms with Gasteiger partial charge in [0.05, 0.1) is 4.92 Å². The Kier molecular flexibility index (Phi) is 4.52. The number of rotatable bonds is 5. The Balaban J connectivity index is 2.04. The average molecular weight is 288 g/mol. The summed E-state index contributed by atoms with van der Waals surface area (Å²) in [5, 5.41) is 14.1. The van der Waals surface area contributed by atoms with Gasteiger partial charge in [-0.3, -0.25) is 10.1 Å². The molecular weight excluding hydrogens is 271 g/mol. The van der Waals surface area contributed by atoms with E-state index in [0.29, 0.717) is 12.1 Å². The van der Waals surface area contributed by atoms with Crippen LogP contribution < -0.4 is 5.32 Å². The lowest BCUT2D eigenvalue weighted by atomic mass is 10.1. The van der Waals surface area contributed by atoms with Crippen LogP contribution >= 0.6 is 0 Å². The van der Waals surface area contributed by atoms with Crippen LogP contribution in [0.5, 0.6) is 0 Å².